The molecule has 2 aliphatic carbocycles. The lowest BCUT2D eigenvalue weighted by Gasteiger charge is -2.29. The molecule has 0 spiro atoms. The predicted octanol–water partition coefficient (Wildman–Crippen LogP) is 5.57. The number of hydrogen-bond acceptors (Lipinski definition) is 3. The molecule has 2 aromatic carbocycles. The van der Waals surface area contributed by atoms with Gasteiger partial charge in [0.2, 0.25) is 11.8 Å². The number of nitrogens with one attached hydrogen (secondary N) is 1. The van der Waals surface area contributed by atoms with Crippen LogP contribution in [0.25, 0.3) is 0 Å². The maximum atomic E-state index is 13.7. The molecule has 0 bridgehead atoms. The maximum absolute atomic E-state index is 13.7. The minimum Gasteiger partial charge on any atom is -0.377 e. The van der Waals surface area contributed by atoms with Crippen LogP contribution in [0.3, 0.4) is 0 Å². The van der Waals surface area contributed by atoms with E-state index in [4.69, 9.17) is 0 Å². The first-order valence-electron chi connectivity index (χ1n) is 12.4. The molecule has 0 heterocycles. The second-order valence-corrected chi connectivity index (χ2v) is 9.78. The van der Waals surface area contributed by atoms with E-state index in [-0.39, 0.29) is 23.7 Å². The normalized spacial score (nSPS) is 16.9. The second kappa shape index (κ2) is 10.4. The van der Waals surface area contributed by atoms with Gasteiger partial charge in [0, 0.05) is 44.0 Å². The van der Waals surface area contributed by atoms with Crippen LogP contribution in [-0.2, 0) is 16.1 Å². The average molecular weight is 448 g/mol. The van der Waals surface area contributed by atoms with Crippen molar-refractivity contribution in [2.45, 2.75) is 70.4 Å². The molecule has 176 valence electrons. The number of anilines is 2. The molecular formula is C28H37N3O2. The monoisotopic (exact) mass is 447 g/mol. The SMILES string of the molecule is CC[C@H](C(=O)N(Cc1cc(NC(=O)C2CCCC2)ccc1N(C)C)C1CC1)c1ccccc1. The van der Waals surface area contributed by atoms with E-state index in [0.717, 1.165) is 67.4 Å². The van der Waals surface area contributed by atoms with E-state index < -0.39 is 0 Å². The van der Waals surface area contributed by atoms with Crippen molar-refractivity contribution >= 4 is 23.2 Å². The Morgan fingerprint density at radius 1 is 1.00 bits per heavy atom. The summed E-state index contributed by atoms with van der Waals surface area (Å²) >= 11 is 0. The molecule has 0 aliphatic heterocycles. The van der Waals surface area contributed by atoms with Crippen molar-refractivity contribution < 1.29 is 9.59 Å². The van der Waals surface area contributed by atoms with Crippen LogP contribution in [0.4, 0.5) is 11.4 Å². The Hall–Kier alpha value is -2.82. The standard InChI is InChI=1S/C28H37N3O2/c1-4-25(20-10-6-5-7-11-20)28(33)31(24-15-16-24)19-22-18-23(14-17-26(22)30(2)3)29-27(32)21-12-8-9-13-21/h5-7,10-11,14,17-18,21,24-25H,4,8-9,12-13,15-16,19H2,1-3H3,(H,29,32)/t25-/m0/s1. The van der Waals surface area contributed by atoms with Gasteiger partial charge in [0.15, 0.2) is 0 Å². The van der Waals surface area contributed by atoms with Gasteiger partial charge in [-0.3, -0.25) is 9.59 Å². The smallest absolute Gasteiger partial charge is 0.230 e. The Balaban J connectivity index is 1.57. The van der Waals surface area contributed by atoms with Crippen molar-refractivity contribution in [2.75, 3.05) is 24.3 Å². The summed E-state index contributed by atoms with van der Waals surface area (Å²) in [4.78, 5) is 30.6. The summed E-state index contributed by atoms with van der Waals surface area (Å²) < 4.78 is 0. The van der Waals surface area contributed by atoms with Gasteiger partial charge in [-0.2, -0.15) is 0 Å². The number of rotatable bonds is 9. The molecule has 1 N–H and O–H groups in total. The molecule has 0 aromatic heterocycles. The van der Waals surface area contributed by atoms with E-state index >= 15 is 0 Å². The zero-order chi connectivity index (χ0) is 23.4. The van der Waals surface area contributed by atoms with Crippen LogP contribution >= 0.6 is 0 Å². The molecule has 2 aromatic rings. The lowest BCUT2D eigenvalue weighted by molar-refractivity contribution is -0.134. The summed E-state index contributed by atoms with van der Waals surface area (Å²) in [6.07, 6.45) is 7.15. The summed E-state index contributed by atoms with van der Waals surface area (Å²) in [6, 6.07) is 16.5. The fourth-order valence-corrected chi connectivity index (χ4v) is 5.05. The molecule has 2 saturated carbocycles. The van der Waals surface area contributed by atoms with Crippen molar-refractivity contribution in [1.29, 1.82) is 0 Å². The summed E-state index contributed by atoms with van der Waals surface area (Å²) in [6.45, 7) is 2.65. The number of benzene rings is 2. The summed E-state index contributed by atoms with van der Waals surface area (Å²) in [5.74, 6) is 0.333. The van der Waals surface area contributed by atoms with Gasteiger partial charge in [-0.05, 0) is 61.4 Å². The lowest BCUT2D eigenvalue weighted by Crippen LogP contribution is -2.36. The first-order valence-corrected chi connectivity index (χ1v) is 12.4. The van der Waals surface area contributed by atoms with Crippen LogP contribution in [0, 0.1) is 5.92 Å². The van der Waals surface area contributed by atoms with Crippen molar-refractivity contribution in [2.24, 2.45) is 5.92 Å². The number of hydrogen-bond donors (Lipinski definition) is 1. The highest BCUT2D eigenvalue weighted by Crippen LogP contribution is 2.35. The highest BCUT2D eigenvalue weighted by molar-refractivity contribution is 5.93. The van der Waals surface area contributed by atoms with Crippen molar-refractivity contribution in [3.05, 3.63) is 59.7 Å². The van der Waals surface area contributed by atoms with Crippen molar-refractivity contribution in [1.82, 2.24) is 4.90 Å². The molecule has 0 radical (unpaired) electrons. The van der Waals surface area contributed by atoms with Crippen LogP contribution in [0.2, 0.25) is 0 Å². The molecular weight excluding hydrogens is 410 g/mol. The van der Waals surface area contributed by atoms with E-state index in [1.807, 2.05) is 38.4 Å². The maximum Gasteiger partial charge on any atom is 0.230 e. The molecule has 5 nitrogen and oxygen atoms in total. The Morgan fingerprint density at radius 3 is 2.30 bits per heavy atom. The Morgan fingerprint density at radius 2 is 1.70 bits per heavy atom. The van der Waals surface area contributed by atoms with Gasteiger partial charge in [-0.25, -0.2) is 0 Å². The van der Waals surface area contributed by atoms with E-state index in [1.54, 1.807) is 0 Å². The molecule has 0 saturated heterocycles. The Labute approximate surface area is 198 Å². The summed E-state index contributed by atoms with van der Waals surface area (Å²) in [5, 5.41) is 3.14. The first kappa shape index (κ1) is 23.3. The highest BCUT2D eigenvalue weighted by atomic mass is 16.2. The highest BCUT2D eigenvalue weighted by Gasteiger charge is 2.36. The summed E-state index contributed by atoms with van der Waals surface area (Å²) in [5.41, 5.74) is 4.07. The molecule has 2 amide bonds. The third-order valence-corrected chi connectivity index (χ3v) is 7.07. The third kappa shape index (κ3) is 5.58. The van der Waals surface area contributed by atoms with Crippen LogP contribution in [0.5, 0.6) is 0 Å². The fourth-order valence-electron chi connectivity index (χ4n) is 5.05. The van der Waals surface area contributed by atoms with Crippen LogP contribution in [-0.4, -0.2) is 36.9 Å². The molecule has 5 heteroatoms. The largest absolute Gasteiger partial charge is 0.377 e. The topological polar surface area (TPSA) is 52.7 Å². The van der Waals surface area contributed by atoms with Crippen LogP contribution in [0.1, 0.15) is 68.9 Å². The third-order valence-electron chi connectivity index (χ3n) is 7.07. The molecule has 2 fully saturated rings. The molecule has 2 aliphatic rings. The van der Waals surface area contributed by atoms with Gasteiger partial charge >= 0.3 is 0 Å². The van der Waals surface area contributed by atoms with Gasteiger partial charge in [0.1, 0.15) is 0 Å². The average Bonchev–Trinajstić information content (AvgIpc) is 3.50. The fraction of sp³-hybridized carbons (Fsp3) is 0.500. The molecule has 0 unspecified atom stereocenters. The van der Waals surface area contributed by atoms with Gasteiger partial charge in [-0.15, -0.1) is 0 Å². The first-order chi connectivity index (χ1) is 16.0. The molecule has 33 heavy (non-hydrogen) atoms. The van der Waals surface area contributed by atoms with Crippen molar-refractivity contribution in [3.8, 4) is 0 Å². The van der Waals surface area contributed by atoms with E-state index in [2.05, 4.69) is 46.3 Å². The predicted molar refractivity (Wildman–Crippen MR) is 134 cm³/mol. The van der Waals surface area contributed by atoms with E-state index in [9.17, 15) is 9.59 Å². The Bertz CT molecular complexity index is 962. The number of nitrogens with zero attached hydrogens (tertiary/aromatic N) is 2. The van der Waals surface area contributed by atoms with E-state index in [1.165, 1.54) is 0 Å². The molecule has 4 rings (SSSR count). The quantitative estimate of drug-likeness (QED) is 0.547. The minimum atomic E-state index is -0.125. The van der Waals surface area contributed by atoms with Gasteiger partial charge < -0.3 is 15.1 Å². The zero-order valence-corrected chi connectivity index (χ0v) is 20.2. The van der Waals surface area contributed by atoms with E-state index in [0.29, 0.717) is 12.6 Å². The van der Waals surface area contributed by atoms with Crippen molar-refractivity contribution in [3.63, 3.8) is 0 Å². The zero-order valence-electron chi connectivity index (χ0n) is 20.2. The minimum absolute atomic E-state index is 0.125. The number of amides is 2. The van der Waals surface area contributed by atoms with Crippen LogP contribution in [0.15, 0.2) is 48.5 Å². The summed E-state index contributed by atoms with van der Waals surface area (Å²) in [7, 11) is 4.05. The number of carbonyl (C=O) groups excluding carboxylic acids is 2. The van der Waals surface area contributed by atoms with Gasteiger partial charge in [0.25, 0.3) is 0 Å². The Kier molecular flexibility index (Phi) is 7.36. The lowest BCUT2D eigenvalue weighted by atomic mass is 9.94. The number of carbonyl (C=O) groups is 2. The molecule has 1 atom stereocenters. The van der Waals surface area contributed by atoms with Gasteiger partial charge in [0.05, 0.1) is 5.92 Å². The van der Waals surface area contributed by atoms with Gasteiger partial charge in [-0.1, -0.05) is 50.1 Å². The second-order valence-electron chi connectivity index (χ2n) is 9.78. The van der Waals surface area contributed by atoms with Crippen LogP contribution < -0.4 is 10.2 Å².